The van der Waals surface area contributed by atoms with Gasteiger partial charge in [-0.2, -0.15) is 0 Å². The molecule has 0 fully saturated rings. The number of carbonyl (C=O) groups is 3. The van der Waals surface area contributed by atoms with Crippen molar-refractivity contribution in [2.75, 3.05) is 22.5 Å². The molecule has 7 nitrogen and oxygen atoms in total. The van der Waals surface area contributed by atoms with Crippen LogP contribution in [0.4, 0.5) is 21.9 Å². The Morgan fingerprint density at radius 2 is 1.24 bits per heavy atom. The average Bonchev–Trinajstić information content (AvgIpc) is 2.84. The second-order valence-electron chi connectivity index (χ2n) is 7.64. The smallest absolute Gasteiger partial charge is 0.323 e. The number of benzene rings is 4. The van der Waals surface area contributed by atoms with Gasteiger partial charge in [0.05, 0.1) is 0 Å². The Hall–Kier alpha value is -4.65. The van der Waals surface area contributed by atoms with Crippen molar-refractivity contribution in [1.82, 2.24) is 5.32 Å². The lowest BCUT2D eigenvalue weighted by Crippen LogP contribution is -2.27. The Bertz CT molecular complexity index is 1320. The monoisotopic (exact) mass is 452 g/mol. The van der Waals surface area contributed by atoms with E-state index in [1.807, 2.05) is 54.6 Å². The molecule has 7 heteroatoms. The molecule has 0 aliphatic heterocycles. The lowest BCUT2D eigenvalue weighted by molar-refractivity contribution is -0.116. The third-order valence-electron chi connectivity index (χ3n) is 5.09. The van der Waals surface area contributed by atoms with Crippen LogP contribution in [0.5, 0.6) is 0 Å². The SMILES string of the molecule is O=C(CCNC(=O)c1ccc2ccccc2c1)Nc1cccc(NC(=O)Nc2ccccc2)c1. The number of fused-ring (bicyclic) bond motifs is 1. The van der Waals surface area contributed by atoms with E-state index in [-0.39, 0.29) is 30.8 Å². The quantitative estimate of drug-likeness (QED) is 0.308. The van der Waals surface area contributed by atoms with Gasteiger partial charge < -0.3 is 21.3 Å². The van der Waals surface area contributed by atoms with Crippen LogP contribution in [-0.2, 0) is 4.79 Å². The van der Waals surface area contributed by atoms with Crippen LogP contribution < -0.4 is 21.3 Å². The maximum absolute atomic E-state index is 12.4. The van der Waals surface area contributed by atoms with E-state index in [1.54, 1.807) is 42.5 Å². The van der Waals surface area contributed by atoms with Crippen LogP contribution in [0.1, 0.15) is 16.8 Å². The van der Waals surface area contributed by atoms with Crippen molar-refractivity contribution in [3.05, 3.63) is 103 Å². The Balaban J connectivity index is 1.25. The zero-order valence-electron chi connectivity index (χ0n) is 18.4. The molecule has 0 saturated carbocycles. The molecule has 34 heavy (non-hydrogen) atoms. The standard InChI is InChI=1S/C27H24N4O3/c32-25(15-16-28-26(33)21-14-13-19-7-4-5-8-20(19)17-21)29-23-11-6-12-24(18-23)31-27(34)30-22-9-2-1-3-10-22/h1-14,17-18H,15-16H2,(H,28,33)(H,29,32)(H2,30,31,34). The fourth-order valence-corrected chi connectivity index (χ4v) is 3.44. The first kappa shape index (κ1) is 22.5. The molecule has 0 aromatic heterocycles. The molecule has 0 bridgehead atoms. The van der Waals surface area contributed by atoms with Gasteiger partial charge in [-0.3, -0.25) is 9.59 Å². The van der Waals surface area contributed by atoms with E-state index in [9.17, 15) is 14.4 Å². The number of nitrogens with one attached hydrogen (secondary N) is 4. The third kappa shape index (κ3) is 6.20. The molecule has 4 rings (SSSR count). The van der Waals surface area contributed by atoms with Gasteiger partial charge in [0.25, 0.3) is 5.91 Å². The van der Waals surface area contributed by atoms with Gasteiger partial charge in [0.1, 0.15) is 0 Å². The summed E-state index contributed by atoms with van der Waals surface area (Å²) in [6.07, 6.45) is 0.117. The molecule has 0 saturated heterocycles. The van der Waals surface area contributed by atoms with E-state index in [2.05, 4.69) is 21.3 Å². The summed E-state index contributed by atoms with van der Waals surface area (Å²) < 4.78 is 0. The molecule has 170 valence electrons. The number of carbonyl (C=O) groups excluding carboxylic acids is 3. The zero-order chi connectivity index (χ0) is 23.8. The Morgan fingerprint density at radius 3 is 2.03 bits per heavy atom. The van der Waals surface area contributed by atoms with Gasteiger partial charge in [-0.15, -0.1) is 0 Å². The topological polar surface area (TPSA) is 99.3 Å². The third-order valence-corrected chi connectivity index (χ3v) is 5.09. The van der Waals surface area contributed by atoms with E-state index < -0.39 is 0 Å². The number of amides is 4. The maximum Gasteiger partial charge on any atom is 0.323 e. The van der Waals surface area contributed by atoms with Crippen molar-refractivity contribution >= 4 is 45.7 Å². The summed E-state index contributed by atoms with van der Waals surface area (Å²) in [5.41, 5.74) is 2.31. The Morgan fingerprint density at radius 1 is 0.588 bits per heavy atom. The zero-order valence-corrected chi connectivity index (χ0v) is 18.4. The molecule has 0 aliphatic rings. The van der Waals surface area contributed by atoms with E-state index >= 15 is 0 Å². The van der Waals surface area contributed by atoms with Crippen molar-refractivity contribution in [3.63, 3.8) is 0 Å². The van der Waals surface area contributed by atoms with Crippen LogP contribution in [0.25, 0.3) is 10.8 Å². The predicted octanol–water partition coefficient (Wildman–Crippen LogP) is 5.24. The number of hydrogen-bond donors (Lipinski definition) is 4. The second-order valence-corrected chi connectivity index (χ2v) is 7.64. The molecule has 4 N–H and O–H groups in total. The number of rotatable bonds is 7. The molecular weight excluding hydrogens is 428 g/mol. The molecule has 0 aliphatic carbocycles. The van der Waals surface area contributed by atoms with E-state index in [0.29, 0.717) is 22.6 Å². The van der Waals surface area contributed by atoms with Crippen LogP contribution in [-0.4, -0.2) is 24.4 Å². The van der Waals surface area contributed by atoms with Gasteiger partial charge in [-0.25, -0.2) is 4.79 Å². The first-order chi connectivity index (χ1) is 16.6. The summed E-state index contributed by atoms with van der Waals surface area (Å²) in [7, 11) is 0. The highest BCUT2D eigenvalue weighted by Gasteiger charge is 2.09. The van der Waals surface area contributed by atoms with Gasteiger partial charge in [-0.05, 0) is 53.2 Å². The van der Waals surface area contributed by atoms with E-state index in [0.717, 1.165) is 10.8 Å². The van der Waals surface area contributed by atoms with Gasteiger partial charge in [0.15, 0.2) is 0 Å². The first-order valence-electron chi connectivity index (χ1n) is 10.9. The minimum absolute atomic E-state index is 0.117. The van der Waals surface area contributed by atoms with Crippen molar-refractivity contribution in [2.45, 2.75) is 6.42 Å². The van der Waals surface area contributed by atoms with Crippen molar-refractivity contribution in [1.29, 1.82) is 0 Å². The van der Waals surface area contributed by atoms with E-state index in [4.69, 9.17) is 0 Å². The van der Waals surface area contributed by atoms with Gasteiger partial charge in [0, 0.05) is 35.6 Å². The fourth-order valence-electron chi connectivity index (χ4n) is 3.44. The molecular formula is C27H24N4O3. The summed E-state index contributed by atoms with van der Waals surface area (Å²) in [5, 5.41) is 13.1. The van der Waals surface area contributed by atoms with Crippen LogP contribution in [0, 0.1) is 0 Å². The Kier molecular flexibility index (Phi) is 7.15. The van der Waals surface area contributed by atoms with Crippen LogP contribution >= 0.6 is 0 Å². The summed E-state index contributed by atoms with van der Waals surface area (Å²) in [4.78, 5) is 36.9. The van der Waals surface area contributed by atoms with Gasteiger partial charge in [-0.1, -0.05) is 54.6 Å². The summed E-state index contributed by atoms with van der Waals surface area (Å²) in [5.74, 6) is -0.473. The molecule has 0 spiro atoms. The molecule has 0 radical (unpaired) electrons. The number of para-hydroxylation sites is 1. The first-order valence-corrected chi connectivity index (χ1v) is 10.9. The second kappa shape index (κ2) is 10.8. The fraction of sp³-hybridized carbons (Fsp3) is 0.0741. The normalized spacial score (nSPS) is 10.4. The lowest BCUT2D eigenvalue weighted by atomic mass is 10.1. The number of hydrogen-bond acceptors (Lipinski definition) is 3. The molecule has 4 amide bonds. The summed E-state index contributed by atoms with van der Waals surface area (Å²) >= 11 is 0. The predicted molar refractivity (Wildman–Crippen MR) is 135 cm³/mol. The lowest BCUT2D eigenvalue weighted by Gasteiger charge is -2.10. The highest BCUT2D eigenvalue weighted by atomic mass is 16.2. The minimum atomic E-state index is -0.383. The summed E-state index contributed by atoms with van der Waals surface area (Å²) in [6, 6.07) is 28.9. The minimum Gasteiger partial charge on any atom is -0.352 e. The maximum atomic E-state index is 12.4. The molecule has 0 heterocycles. The number of anilines is 3. The Labute approximate surface area is 197 Å². The van der Waals surface area contributed by atoms with Gasteiger partial charge in [0.2, 0.25) is 5.91 Å². The highest BCUT2D eigenvalue weighted by Crippen LogP contribution is 2.17. The molecule has 0 unspecified atom stereocenters. The van der Waals surface area contributed by atoms with Crippen molar-refractivity contribution in [2.24, 2.45) is 0 Å². The van der Waals surface area contributed by atoms with Crippen LogP contribution in [0.3, 0.4) is 0 Å². The van der Waals surface area contributed by atoms with Crippen molar-refractivity contribution in [3.8, 4) is 0 Å². The van der Waals surface area contributed by atoms with Crippen LogP contribution in [0.15, 0.2) is 97.1 Å². The molecule has 4 aromatic rings. The van der Waals surface area contributed by atoms with Gasteiger partial charge >= 0.3 is 6.03 Å². The van der Waals surface area contributed by atoms with E-state index in [1.165, 1.54) is 0 Å². The number of urea groups is 1. The van der Waals surface area contributed by atoms with Crippen LogP contribution in [0.2, 0.25) is 0 Å². The summed E-state index contributed by atoms with van der Waals surface area (Å²) in [6.45, 7) is 0.203. The molecule has 0 atom stereocenters. The molecule has 4 aromatic carbocycles. The highest BCUT2D eigenvalue weighted by molar-refractivity contribution is 6.01. The average molecular weight is 453 g/mol. The largest absolute Gasteiger partial charge is 0.352 e. The van der Waals surface area contributed by atoms with Crippen molar-refractivity contribution < 1.29 is 14.4 Å².